The van der Waals surface area contributed by atoms with Crippen molar-refractivity contribution in [2.24, 2.45) is 5.92 Å². The summed E-state index contributed by atoms with van der Waals surface area (Å²) in [6.07, 6.45) is 6.96. The lowest BCUT2D eigenvalue weighted by atomic mass is 9.61. The van der Waals surface area contributed by atoms with Crippen LogP contribution in [-0.4, -0.2) is 37.0 Å². The zero-order valence-corrected chi connectivity index (χ0v) is 16.5. The molecule has 146 valence electrons. The number of aryl methyl sites for hydroxylation is 1. The number of rotatable bonds is 3. The van der Waals surface area contributed by atoms with Crippen LogP contribution < -0.4 is 5.32 Å². The predicted molar refractivity (Wildman–Crippen MR) is 112 cm³/mol. The van der Waals surface area contributed by atoms with Gasteiger partial charge < -0.3 is 10.2 Å². The average Bonchev–Trinajstić information content (AvgIpc) is 3.18. The van der Waals surface area contributed by atoms with E-state index >= 15 is 0 Å². The maximum Gasteiger partial charge on any atom is 0.209 e. The van der Waals surface area contributed by atoms with Crippen molar-refractivity contribution in [3.05, 3.63) is 71.3 Å². The third-order valence-corrected chi connectivity index (χ3v) is 7.70. The number of fused-ring (bicyclic) bond motifs is 2. The summed E-state index contributed by atoms with van der Waals surface area (Å²) in [6, 6.07) is 20.3. The van der Waals surface area contributed by atoms with Gasteiger partial charge in [0.1, 0.15) is 0 Å². The molecule has 0 saturated carbocycles. The van der Waals surface area contributed by atoms with Gasteiger partial charge in [-0.2, -0.15) is 0 Å². The van der Waals surface area contributed by atoms with Gasteiger partial charge in [-0.3, -0.25) is 4.79 Å². The second-order valence-corrected chi connectivity index (χ2v) is 8.95. The third-order valence-electron chi connectivity index (χ3n) is 7.70. The minimum Gasteiger partial charge on any atom is -0.342 e. The molecule has 3 nitrogen and oxygen atoms in total. The molecule has 3 heteroatoms. The number of piperidine rings is 1. The van der Waals surface area contributed by atoms with Gasteiger partial charge in [-0.15, -0.1) is 0 Å². The molecule has 1 amide bonds. The number of hydrogen-bond donors (Lipinski definition) is 1. The van der Waals surface area contributed by atoms with Gasteiger partial charge in [0.25, 0.3) is 0 Å². The molecule has 0 aromatic heterocycles. The number of benzene rings is 2. The number of nitrogens with zero attached hydrogens (tertiary/aromatic N) is 1. The second-order valence-electron chi connectivity index (χ2n) is 8.95. The monoisotopic (exact) mass is 374 g/mol. The first kappa shape index (κ1) is 17.9. The van der Waals surface area contributed by atoms with Crippen LogP contribution in [0.25, 0.3) is 0 Å². The average molecular weight is 375 g/mol. The van der Waals surface area contributed by atoms with E-state index in [2.05, 4.69) is 64.8 Å². The molecule has 28 heavy (non-hydrogen) atoms. The number of carbonyl (C=O) groups excluding carboxylic acids is 1. The SMILES string of the molecule is O=CN1CCC(c2ccccc2)CC1[C@@H]1CNC[C@@]12CCCc1ccccc12. The Balaban J connectivity index is 1.50. The van der Waals surface area contributed by atoms with E-state index < -0.39 is 0 Å². The molecule has 1 spiro atoms. The van der Waals surface area contributed by atoms with Gasteiger partial charge in [0.2, 0.25) is 6.41 Å². The van der Waals surface area contributed by atoms with Crippen LogP contribution in [0.15, 0.2) is 54.6 Å². The lowest BCUT2D eigenvalue weighted by Gasteiger charge is -2.48. The predicted octanol–water partition coefficient (Wildman–Crippen LogP) is 3.88. The summed E-state index contributed by atoms with van der Waals surface area (Å²) in [5.41, 5.74) is 4.68. The minimum absolute atomic E-state index is 0.180. The van der Waals surface area contributed by atoms with Crippen molar-refractivity contribution in [1.82, 2.24) is 10.2 Å². The maximum atomic E-state index is 12.0. The van der Waals surface area contributed by atoms with E-state index in [9.17, 15) is 4.79 Å². The lowest BCUT2D eigenvalue weighted by molar-refractivity contribution is -0.123. The van der Waals surface area contributed by atoms with Gasteiger partial charge in [0.05, 0.1) is 0 Å². The molecule has 2 fully saturated rings. The smallest absolute Gasteiger partial charge is 0.209 e. The molecule has 2 aliphatic heterocycles. The number of likely N-dealkylation sites (tertiary alicyclic amines) is 1. The largest absolute Gasteiger partial charge is 0.342 e. The maximum absolute atomic E-state index is 12.0. The van der Waals surface area contributed by atoms with E-state index in [-0.39, 0.29) is 5.41 Å². The molecule has 2 saturated heterocycles. The Hall–Kier alpha value is -2.13. The lowest BCUT2D eigenvalue weighted by Crippen LogP contribution is -2.52. The van der Waals surface area contributed by atoms with E-state index in [1.165, 1.54) is 30.4 Å². The third kappa shape index (κ3) is 2.88. The van der Waals surface area contributed by atoms with Gasteiger partial charge in [-0.1, -0.05) is 54.6 Å². The van der Waals surface area contributed by atoms with Crippen molar-refractivity contribution in [3.8, 4) is 0 Å². The van der Waals surface area contributed by atoms with Crippen molar-refractivity contribution >= 4 is 6.41 Å². The van der Waals surface area contributed by atoms with Crippen LogP contribution in [0.2, 0.25) is 0 Å². The standard InChI is InChI=1S/C25H30N2O/c28-18-27-14-12-21(19-7-2-1-3-8-19)15-24(27)23-16-26-17-25(23)13-6-10-20-9-4-5-11-22(20)25/h1-5,7-9,11,18,21,23-24,26H,6,10,12-17H2/t21?,23-,24?,25+/m0/s1. The molecule has 1 N–H and O–H groups in total. The van der Waals surface area contributed by atoms with Gasteiger partial charge >= 0.3 is 0 Å². The number of hydrogen-bond acceptors (Lipinski definition) is 2. The first-order valence-electron chi connectivity index (χ1n) is 10.9. The first-order chi connectivity index (χ1) is 13.8. The van der Waals surface area contributed by atoms with E-state index in [0.717, 1.165) is 38.9 Å². The van der Waals surface area contributed by atoms with E-state index in [1.807, 2.05) is 0 Å². The molecule has 2 aromatic carbocycles. The molecule has 4 atom stereocenters. The highest BCUT2D eigenvalue weighted by Crippen LogP contribution is 2.49. The summed E-state index contributed by atoms with van der Waals surface area (Å²) in [5, 5.41) is 3.73. The Morgan fingerprint density at radius 2 is 1.89 bits per heavy atom. The molecule has 0 radical (unpaired) electrons. The van der Waals surface area contributed by atoms with Crippen LogP contribution in [0.3, 0.4) is 0 Å². The Morgan fingerprint density at radius 1 is 1.07 bits per heavy atom. The number of amides is 1. The quantitative estimate of drug-likeness (QED) is 0.827. The summed E-state index contributed by atoms with van der Waals surface area (Å²) in [5.74, 6) is 1.05. The van der Waals surface area contributed by atoms with Crippen LogP contribution >= 0.6 is 0 Å². The first-order valence-corrected chi connectivity index (χ1v) is 10.9. The Morgan fingerprint density at radius 3 is 2.75 bits per heavy atom. The van der Waals surface area contributed by atoms with Crippen molar-refractivity contribution < 1.29 is 4.79 Å². The van der Waals surface area contributed by atoms with E-state index in [1.54, 1.807) is 5.56 Å². The van der Waals surface area contributed by atoms with Crippen molar-refractivity contribution in [1.29, 1.82) is 0 Å². The summed E-state index contributed by atoms with van der Waals surface area (Å²) in [7, 11) is 0. The van der Waals surface area contributed by atoms with Crippen LogP contribution in [0.5, 0.6) is 0 Å². The molecule has 2 heterocycles. The van der Waals surface area contributed by atoms with E-state index in [4.69, 9.17) is 0 Å². The van der Waals surface area contributed by atoms with Crippen LogP contribution in [0.4, 0.5) is 0 Å². The molecular weight excluding hydrogens is 344 g/mol. The summed E-state index contributed by atoms with van der Waals surface area (Å²) >= 11 is 0. The van der Waals surface area contributed by atoms with Crippen molar-refractivity contribution in [2.45, 2.75) is 49.5 Å². The Kier molecular flexibility index (Phi) is 4.72. The minimum atomic E-state index is 0.180. The van der Waals surface area contributed by atoms with E-state index in [0.29, 0.717) is 17.9 Å². The molecule has 5 rings (SSSR count). The van der Waals surface area contributed by atoms with Crippen LogP contribution in [-0.2, 0) is 16.6 Å². The molecule has 0 bridgehead atoms. The normalized spacial score (nSPS) is 32.3. The fourth-order valence-corrected chi connectivity index (χ4v) is 6.37. The zero-order valence-electron chi connectivity index (χ0n) is 16.5. The molecule has 2 aromatic rings. The molecule has 1 aliphatic carbocycles. The van der Waals surface area contributed by atoms with Gasteiger partial charge in [-0.25, -0.2) is 0 Å². The summed E-state index contributed by atoms with van der Waals surface area (Å²) < 4.78 is 0. The fraction of sp³-hybridized carbons (Fsp3) is 0.480. The highest BCUT2D eigenvalue weighted by molar-refractivity contribution is 5.49. The fourth-order valence-electron chi connectivity index (χ4n) is 6.37. The van der Waals surface area contributed by atoms with Gasteiger partial charge in [0, 0.05) is 37.0 Å². The highest BCUT2D eigenvalue weighted by Gasteiger charge is 2.51. The topological polar surface area (TPSA) is 32.3 Å². The Labute approximate surface area is 168 Å². The number of nitrogens with one attached hydrogen (secondary N) is 1. The Bertz CT molecular complexity index is 835. The molecule has 3 aliphatic rings. The summed E-state index contributed by atoms with van der Waals surface area (Å²) in [6.45, 7) is 2.95. The van der Waals surface area contributed by atoms with Crippen LogP contribution in [0.1, 0.15) is 48.3 Å². The van der Waals surface area contributed by atoms with Crippen molar-refractivity contribution in [3.63, 3.8) is 0 Å². The van der Waals surface area contributed by atoms with Gasteiger partial charge in [0.15, 0.2) is 0 Å². The van der Waals surface area contributed by atoms with Crippen molar-refractivity contribution in [2.75, 3.05) is 19.6 Å². The van der Waals surface area contributed by atoms with Gasteiger partial charge in [-0.05, 0) is 54.7 Å². The highest BCUT2D eigenvalue weighted by atomic mass is 16.1. The molecule has 2 unspecified atom stereocenters. The zero-order chi connectivity index (χ0) is 19.0. The molecular formula is C25H30N2O. The summed E-state index contributed by atoms with van der Waals surface area (Å²) in [4.78, 5) is 14.1. The van der Waals surface area contributed by atoms with Crippen LogP contribution in [0, 0.1) is 5.92 Å². The number of carbonyl (C=O) groups is 1. The second kappa shape index (κ2) is 7.36.